The molecule has 1 N–H and O–H groups in total. The predicted molar refractivity (Wildman–Crippen MR) is 115 cm³/mol. The summed E-state index contributed by atoms with van der Waals surface area (Å²) in [6.45, 7) is 0.850. The minimum atomic E-state index is -0.575. The zero-order valence-electron chi connectivity index (χ0n) is 17.5. The third-order valence-corrected chi connectivity index (χ3v) is 5.64. The van der Waals surface area contributed by atoms with Gasteiger partial charge in [-0.15, -0.1) is 0 Å². The predicted octanol–water partition coefficient (Wildman–Crippen LogP) is 3.20. The van der Waals surface area contributed by atoms with Gasteiger partial charge in [0.15, 0.2) is 0 Å². The molecular weight excluding hydrogens is 481 g/mol. The first-order valence-electron chi connectivity index (χ1n) is 9.95. The van der Waals surface area contributed by atoms with Crippen LogP contribution in [-0.4, -0.2) is 45.2 Å². The number of aromatic nitrogens is 3. The summed E-state index contributed by atoms with van der Waals surface area (Å²) in [5.74, 6) is -0.683. The van der Waals surface area contributed by atoms with Gasteiger partial charge >= 0.3 is 0 Å². The van der Waals surface area contributed by atoms with Gasteiger partial charge in [-0.1, -0.05) is 35.8 Å². The minimum Gasteiger partial charge on any atom is -0.520 e. The van der Waals surface area contributed by atoms with Crippen molar-refractivity contribution in [2.75, 3.05) is 13.7 Å². The number of rotatable bonds is 4. The van der Waals surface area contributed by atoms with E-state index < -0.39 is 11.7 Å². The number of nitrogens with zero attached hydrogens (tertiary/aromatic N) is 3. The molecule has 0 unspecified atom stereocenters. The zero-order valence-corrected chi connectivity index (χ0v) is 20.3. The number of hydrogen-bond donors (Lipinski definition) is 1. The van der Waals surface area contributed by atoms with Crippen LogP contribution in [0.2, 0.25) is 0 Å². The summed E-state index contributed by atoms with van der Waals surface area (Å²) >= 11 is 0. The van der Waals surface area contributed by atoms with Crippen LogP contribution in [-0.2, 0) is 50.5 Å². The molecule has 0 fully saturated rings. The third-order valence-electron chi connectivity index (χ3n) is 5.64. The Bertz CT molecular complexity index is 1300. The molecular formula is C24H19N4O3Y-. The molecule has 7 nitrogen and oxygen atoms in total. The number of methoxy groups -OCH3 is 1. The summed E-state index contributed by atoms with van der Waals surface area (Å²) in [6.07, 6.45) is 8.22. The van der Waals surface area contributed by atoms with Gasteiger partial charge in [0, 0.05) is 68.9 Å². The molecule has 1 radical (unpaired) electrons. The Morgan fingerprint density at radius 3 is 2.84 bits per heavy atom. The smallest absolute Gasteiger partial charge is 0.294 e. The molecule has 3 aromatic heterocycles. The number of carbonyl (C=O) groups excluding carboxylic acids is 2. The molecule has 0 spiro atoms. The van der Waals surface area contributed by atoms with E-state index in [0.717, 1.165) is 16.8 Å². The first-order chi connectivity index (χ1) is 15.2. The topological polar surface area (TPSA) is 88.2 Å². The normalized spacial score (nSPS) is 12.7. The second-order valence-corrected chi connectivity index (χ2v) is 7.35. The zero-order chi connectivity index (χ0) is 21.4. The summed E-state index contributed by atoms with van der Waals surface area (Å²) in [4.78, 5) is 39.1. The van der Waals surface area contributed by atoms with E-state index in [1.54, 1.807) is 11.1 Å². The monoisotopic (exact) mass is 500 g/mol. The minimum absolute atomic E-state index is 0. The van der Waals surface area contributed by atoms with Crippen LogP contribution in [0.5, 0.6) is 5.75 Å². The van der Waals surface area contributed by atoms with Gasteiger partial charge in [-0.05, 0) is 47.6 Å². The Kier molecular flexibility index (Phi) is 6.49. The van der Waals surface area contributed by atoms with E-state index in [4.69, 9.17) is 4.74 Å². The first kappa shape index (κ1) is 22.3. The summed E-state index contributed by atoms with van der Waals surface area (Å²) in [5, 5.41) is 0.519. The van der Waals surface area contributed by atoms with Crippen molar-refractivity contribution in [3.8, 4) is 17.0 Å². The summed E-state index contributed by atoms with van der Waals surface area (Å²) in [5.41, 5.74) is 4.98. The van der Waals surface area contributed by atoms with Gasteiger partial charge in [0.05, 0.1) is 12.8 Å². The number of ketones is 1. The number of pyridine rings is 2. The fourth-order valence-electron chi connectivity index (χ4n) is 4.12. The molecule has 4 aromatic rings. The number of ether oxygens (including phenoxy) is 1. The van der Waals surface area contributed by atoms with Crippen LogP contribution in [0.15, 0.2) is 55.0 Å². The molecule has 5 rings (SSSR count). The molecule has 0 saturated carbocycles. The summed E-state index contributed by atoms with van der Waals surface area (Å²) in [6, 6.07) is 11.8. The van der Waals surface area contributed by atoms with Crippen LogP contribution in [0.25, 0.3) is 22.2 Å². The Balaban J connectivity index is 0.00000245. The number of H-pyrrole nitrogens is 1. The van der Waals surface area contributed by atoms with E-state index in [-0.39, 0.29) is 38.3 Å². The van der Waals surface area contributed by atoms with E-state index >= 15 is 0 Å². The molecule has 1 aliphatic rings. The molecule has 0 saturated heterocycles. The second kappa shape index (κ2) is 9.30. The van der Waals surface area contributed by atoms with E-state index in [0.29, 0.717) is 36.2 Å². The van der Waals surface area contributed by atoms with Crippen molar-refractivity contribution in [2.24, 2.45) is 0 Å². The van der Waals surface area contributed by atoms with Crippen LogP contribution in [0, 0.1) is 6.20 Å². The number of aromatic amines is 1. The molecule has 1 aromatic carbocycles. The molecule has 0 bridgehead atoms. The van der Waals surface area contributed by atoms with Crippen molar-refractivity contribution >= 4 is 22.6 Å². The van der Waals surface area contributed by atoms with Gasteiger partial charge in [0.2, 0.25) is 5.78 Å². The van der Waals surface area contributed by atoms with Gasteiger partial charge in [0.25, 0.3) is 5.91 Å². The Morgan fingerprint density at radius 1 is 1.19 bits per heavy atom. The molecule has 157 valence electrons. The van der Waals surface area contributed by atoms with Gasteiger partial charge in [-0.25, -0.2) is 0 Å². The maximum Gasteiger partial charge on any atom is 0.294 e. The fourth-order valence-corrected chi connectivity index (χ4v) is 4.12. The van der Waals surface area contributed by atoms with E-state index in [1.165, 1.54) is 25.1 Å². The Hall–Kier alpha value is -2.90. The SMILES string of the molecule is COc1cn[c-]c2[nH]cc(C(=O)C(=O)N3CCc4c(cccc4-c4ccccn4)C3)c12.[Y]. The number of Topliss-reactive ketones (excluding diaryl/α,β-unsaturated/α-hetero) is 1. The van der Waals surface area contributed by atoms with Crippen molar-refractivity contribution in [3.63, 3.8) is 0 Å². The number of benzene rings is 1. The van der Waals surface area contributed by atoms with Crippen LogP contribution < -0.4 is 4.74 Å². The van der Waals surface area contributed by atoms with Crippen LogP contribution in [0.1, 0.15) is 21.5 Å². The second-order valence-electron chi connectivity index (χ2n) is 7.35. The molecule has 4 heterocycles. The van der Waals surface area contributed by atoms with Gasteiger partial charge in [-0.2, -0.15) is 0 Å². The van der Waals surface area contributed by atoms with E-state index in [2.05, 4.69) is 21.1 Å². The number of nitrogens with one attached hydrogen (secondary N) is 1. The summed E-state index contributed by atoms with van der Waals surface area (Å²) in [7, 11) is 1.50. The van der Waals surface area contributed by atoms with Crippen LogP contribution in [0.4, 0.5) is 0 Å². The van der Waals surface area contributed by atoms with Crippen molar-refractivity contribution in [2.45, 2.75) is 13.0 Å². The first-order valence-corrected chi connectivity index (χ1v) is 9.95. The van der Waals surface area contributed by atoms with Crippen molar-refractivity contribution in [3.05, 3.63) is 77.9 Å². The van der Waals surface area contributed by atoms with E-state index in [1.807, 2.05) is 36.4 Å². The standard InChI is InChI=1S/C24H19N4O3.Y/c1-31-21-13-25-12-20-22(21)18(11-27-20)23(29)24(30)28-10-8-16-15(14-28)5-4-6-17(16)19-7-2-3-9-26-19;/h2-7,9,11,13,27H,8,10,14H2,1H3;/q-1;. The van der Waals surface area contributed by atoms with Crippen LogP contribution in [0.3, 0.4) is 0 Å². The molecule has 32 heavy (non-hydrogen) atoms. The van der Waals surface area contributed by atoms with Gasteiger partial charge in [0.1, 0.15) is 0 Å². The maximum absolute atomic E-state index is 13.1. The largest absolute Gasteiger partial charge is 0.520 e. The van der Waals surface area contributed by atoms with Gasteiger partial charge in [-0.3, -0.25) is 14.6 Å². The van der Waals surface area contributed by atoms with Crippen molar-refractivity contribution < 1.29 is 47.0 Å². The number of carbonyl (C=O) groups is 2. The average Bonchev–Trinajstić information content (AvgIpc) is 3.27. The number of amides is 1. The third kappa shape index (κ3) is 3.87. The van der Waals surface area contributed by atoms with Crippen LogP contribution >= 0.6 is 0 Å². The van der Waals surface area contributed by atoms with Crippen molar-refractivity contribution in [1.82, 2.24) is 19.9 Å². The molecule has 1 aliphatic heterocycles. The fraction of sp³-hybridized carbons (Fsp3) is 0.167. The van der Waals surface area contributed by atoms with E-state index in [9.17, 15) is 9.59 Å². The van der Waals surface area contributed by atoms with Crippen molar-refractivity contribution in [1.29, 1.82) is 0 Å². The summed E-state index contributed by atoms with van der Waals surface area (Å²) < 4.78 is 5.32. The molecule has 1 amide bonds. The number of fused-ring (bicyclic) bond motifs is 2. The molecule has 8 heteroatoms. The molecule has 0 aliphatic carbocycles. The molecule has 0 atom stereocenters. The average molecular weight is 500 g/mol. The Morgan fingerprint density at radius 2 is 2.06 bits per heavy atom. The quantitative estimate of drug-likeness (QED) is 0.264. The maximum atomic E-state index is 13.1. The Labute approximate surface area is 210 Å². The number of hydrogen-bond acceptors (Lipinski definition) is 5. The van der Waals surface area contributed by atoms with Gasteiger partial charge < -0.3 is 19.6 Å².